The van der Waals surface area contributed by atoms with E-state index in [2.05, 4.69) is 6.58 Å². The highest BCUT2D eigenvalue weighted by molar-refractivity contribution is 7.85. The molecule has 1 aliphatic heterocycles. The molecule has 0 spiro atoms. The molecule has 112 valence electrons. The monoisotopic (exact) mass is 316 g/mol. The molecule has 1 rings (SSSR count). The van der Waals surface area contributed by atoms with Crippen LogP contribution in [-0.4, -0.2) is 59.3 Å². The van der Waals surface area contributed by atoms with Gasteiger partial charge in [-0.25, -0.2) is 0 Å². The summed E-state index contributed by atoms with van der Waals surface area (Å²) in [5, 5.41) is 0. The Morgan fingerprint density at radius 1 is 1.16 bits per heavy atom. The molecule has 0 aromatic carbocycles. The molecule has 0 radical (unpaired) electrons. The smallest absolute Gasteiger partial charge is 0.358 e. The van der Waals surface area contributed by atoms with Crippen molar-refractivity contribution in [2.75, 3.05) is 19.0 Å². The van der Waals surface area contributed by atoms with Crippen molar-refractivity contribution in [1.82, 2.24) is 9.80 Å². The largest absolute Gasteiger partial charge is 0.394 e. The van der Waals surface area contributed by atoms with E-state index in [0.717, 1.165) is 0 Å². The molecule has 0 aromatic heterocycles. The number of hydrogen-bond acceptors (Lipinski definition) is 6. The fourth-order valence-corrected chi connectivity index (χ4v) is 1.69. The SMILES string of the molecule is C=CN1C=CN(CCCS(=O)(=O)O)C1.O=S(=O)(O)O. The lowest BCUT2D eigenvalue weighted by Gasteiger charge is -2.17. The van der Waals surface area contributed by atoms with Crippen molar-refractivity contribution in [3.8, 4) is 0 Å². The molecule has 1 heterocycles. The summed E-state index contributed by atoms with van der Waals surface area (Å²) in [6, 6.07) is 0. The third-order valence-corrected chi connectivity index (χ3v) is 2.70. The van der Waals surface area contributed by atoms with Crippen LogP contribution in [0, 0.1) is 0 Å². The molecule has 0 aliphatic carbocycles. The zero-order valence-corrected chi connectivity index (χ0v) is 11.6. The van der Waals surface area contributed by atoms with E-state index in [-0.39, 0.29) is 5.75 Å². The minimum absolute atomic E-state index is 0.189. The minimum atomic E-state index is -4.67. The van der Waals surface area contributed by atoms with Crippen LogP contribution in [0.5, 0.6) is 0 Å². The highest BCUT2D eigenvalue weighted by Crippen LogP contribution is 2.06. The van der Waals surface area contributed by atoms with Gasteiger partial charge in [-0.15, -0.1) is 0 Å². The van der Waals surface area contributed by atoms with Crippen LogP contribution in [0.4, 0.5) is 0 Å². The Balaban J connectivity index is 0.000000555. The first-order chi connectivity index (χ1) is 8.51. The first-order valence-electron chi connectivity index (χ1n) is 4.97. The van der Waals surface area contributed by atoms with Crippen LogP contribution in [-0.2, 0) is 20.5 Å². The second-order valence-corrected chi connectivity index (χ2v) is 6.00. The maximum Gasteiger partial charge on any atom is 0.394 e. The van der Waals surface area contributed by atoms with E-state index in [9.17, 15) is 8.42 Å². The number of hydrogen-bond donors (Lipinski definition) is 3. The van der Waals surface area contributed by atoms with E-state index < -0.39 is 20.5 Å². The summed E-state index contributed by atoms with van der Waals surface area (Å²) in [5.74, 6) is -0.189. The Hall–Kier alpha value is -1.14. The number of rotatable bonds is 5. The molecule has 9 nitrogen and oxygen atoms in total. The van der Waals surface area contributed by atoms with Crippen molar-refractivity contribution < 1.29 is 30.5 Å². The zero-order valence-electron chi connectivity index (χ0n) is 9.95. The summed E-state index contributed by atoms with van der Waals surface area (Å²) in [6.07, 6.45) is 5.85. The van der Waals surface area contributed by atoms with Crippen molar-refractivity contribution >= 4 is 20.5 Å². The van der Waals surface area contributed by atoms with E-state index in [0.29, 0.717) is 19.6 Å². The van der Waals surface area contributed by atoms with Gasteiger partial charge in [0.05, 0.1) is 12.4 Å². The lowest BCUT2D eigenvalue weighted by atomic mass is 10.4. The molecule has 0 saturated heterocycles. The summed E-state index contributed by atoms with van der Waals surface area (Å²) >= 11 is 0. The van der Waals surface area contributed by atoms with E-state index >= 15 is 0 Å². The maximum absolute atomic E-state index is 10.4. The van der Waals surface area contributed by atoms with Gasteiger partial charge in [0.1, 0.15) is 0 Å². The van der Waals surface area contributed by atoms with E-state index in [1.807, 2.05) is 22.2 Å². The van der Waals surface area contributed by atoms with Crippen LogP contribution in [0.15, 0.2) is 25.2 Å². The quantitative estimate of drug-likeness (QED) is 0.589. The van der Waals surface area contributed by atoms with E-state index in [1.54, 1.807) is 6.20 Å². The molecule has 19 heavy (non-hydrogen) atoms. The van der Waals surface area contributed by atoms with Gasteiger partial charge in [0.2, 0.25) is 0 Å². The second kappa shape index (κ2) is 7.45. The van der Waals surface area contributed by atoms with Crippen molar-refractivity contribution in [1.29, 1.82) is 0 Å². The standard InChI is InChI=1S/C8H14N2O3S.H2O4S/c1-2-9-5-6-10(8-9)4-3-7-14(11,12)13;1-5(2,3)4/h2,5-6H,1,3-4,7-8H2,(H,11,12,13);(H2,1,2,3,4). The van der Waals surface area contributed by atoms with Crippen LogP contribution >= 0.6 is 0 Å². The minimum Gasteiger partial charge on any atom is -0.358 e. The van der Waals surface area contributed by atoms with Gasteiger partial charge in [-0.2, -0.15) is 16.8 Å². The van der Waals surface area contributed by atoms with Gasteiger partial charge in [-0.05, 0) is 12.6 Å². The average Bonchev–Trinajstić information content (AvgIpc) is 2.61. The van der Waals surface area contributed by atoms with Gasteiger partial charge >= 0.3 is 10.4 Å². The topological polar surface area (TPSA) is 135 Å². The molecule has 0 aromatic rings. The fourth-order valence-electron chi connectivity index (χ4n) is 1.20. The first kappa shape index (κ1) is 17.9. The first-order valence-corrected chi connectivity index (χ1v) is 7.97. The Bertz CT molecular complexity index is 503. The summed E-state index contributed by atoms with van der Waals surface area (Å²) in [4.78, 5) is 3.83. The van der Waals surface area contributed by atoms with Crippen LogP contribution < -0.4 is 0 Å². The second-order valence-electron chi connectivity index (χ2n) is 3.54. The summed E-state index contributed by atoms with van der Waals surface area (Å²) < 4.78 is 60.9. The summed E-state index contributed by atoms with van der Waals surface area (Å²) in [7, 11) is -8.49. The van der Waals surface area contributed by atoms with Gasteiger partial charge in [0, 0.05) is 18.9 Å². The Kier molecular flexibility index (Phi) is 7.00. The van der Waals surface area contributed by atoms with Crippen molar-refractivity contribution in [2.45, 2.75) is 6.42 Å². The lowest BCUT2D eigenvalue weighted by Crippen LogP contribution is -2.24. The molecular formula is C8H16N2O7S2. The zero-order chi connectivity index (χ0) is 15.1. The normalized spacial score (nSPS) is 15.1. The van der Waals surface area contributed by atoms with Crippen LogP contribution in [0.3, 0.4) is 0 Å². The van der Waals surface area contributed by atoms with Crippen molar-refractivity contribution in [3.63, 3.8) is 0 Å². The molecule has 0 unspecified atom stereocenters. The Morgan fingerprint density at radius 2 is 1.68 bits per heavy atom. The highest BCUT2D eigenvalue weighted by atomic mass is 32.3. The van der Waals surface area contributed by atoms with Gasteiger partial charge in [-0.3, -0.25) is 13.7 Å². The Labute approximate surface area is 112 Å². The van der Waals surface area contributed by atoms with E-state index in [1.165, 1.54) is 0 Å². The lowest BCUT2D eigenvalue weighted by molar-refractivity contribution is 0.314. The van der Waals surface area contributed by atoms with Gasteiger partial charge in [0.25, 0.3) is 10.1 Å². The predicted octanol–water partition coefficient (Wildman–Crippen LogP) is -0.199. The van der Waals surface area contributed by atoms with Gasteiger partial charge in [0.15, 0.2) is 0 Å². The Morgan fingerprint density at radius 3 is 2.05 bits per heavy atom. The molecule has 1 aliphatic rings. The molecule has 11 heteroatoms. The molecule has 0 amide bonds. The average molecular weight is 316 g/mol. The van der Waals surface area contributed by atoms with Crippen molar-refractivity contribution in [3.05, 3.63) is 25.2 Å². The molecule has 0 bridgehead atoms. The summed E-state index contributed by atoms with van der Waals surface area (Å²) in [6.45, 7) is 4.91. The fraction of sp³-hybridized carbons (Fsp3) is 0.500. The molecular weight excluding hydrogens is 300 g/mol. The van der Waals surface area contributed by atoms with Crippen LogP contribution in [0.2, 0.25) is 0 Å². The third kappa shape index (κ3) is 13.1. The maximum atomic E-state index is 10.4. The molecule has 3 N–H and O–H groups in total. The van der Waals surface area contributed by atoms with E-state index in [4.69, 9.17) is 22.1 Å². The molecule has 0 saturated carbocycles. The number of nitrogens with zero attached hydrogens (tertiary/aromatic N) is 2. The predicted molar refractivity (Wildman–Crippen MR) is 68.0 cm³/mol. The van der Waals surface area contributed by atoms with Gasteiger partial charge in [-0.1, -0.05) is 6.58 Å². The highest BCUT2D eigenvalue weighted by Gasteiger charge is 2.10. The van der Waals surface area contributed by atoms with Crippen molar-refractivity contribution in [2.24, 2.45) is 0 Å². The van der Waals surface area contributed by atoms with Crippen LogP contribution in [0.1, 0.15) is 6.42 Å². The van der Waals surface area contributed by atoms with Gasteiger partial charge < -0.3 is 9.80 Å². The molecule has 0 atom stereocenters. The summed E-state index contributed by atoms with van der Waals surface area (Å²) in [5.41, 5.74) is 0. The molecule has 0 fully saturated rings. The third-order valence-electron chi connectivity index (χ3n) is 1.90. The van der Waals surface area contributed by atoms with Crippen LogP contribution in [0.25, 0.3) is 0 Å².